The molecule has 0 spiro atoms. The first-order valence-electron chi connectivity index (χ1n) is 5.70. The fourth-order valence-electron chi connectivity index (χ4n) is 1.80. The first-order chi connectivity index (χ1) is 8.95. The van der Waals surface area contributed by atoms with Crippen LogP contribution in [0.4, 0.5) is 15.8 Å². The average molecular weight is 260 g/mol. The van der Waals surface area contributed by atoms with Crippen LogP contribution < -0.4 is 5.32 Å². The molecule has 0 unspecified atom stereocenters. The van der Waals surface area contributed by atoms with Crippen molar-refractivity contribution in [2.45, 2.75) is 13.8 Å². The Morgan fingerprint density at radius 1 is 1.26 bits per heavy atom. The number of benzene rings is 1. The molecular formula is C14H13FN2O2. The highest BCUT2D eigenvalue weighted by Gasteiger charge is 2.11. The zero-order valence-corrected chi connectivity index (χ0v) is 10.6. The van der Waals surface area contributed by atoms with Gasteiger partial charge >= 0.3 is 5.97 Å². The Morgan fingerprint density at radius 2 is 2.00 bits per heavy atom. The summed E-state index contributed by atoms with van der Waals surface area (Å²) in [6.07, 6.45) is 1.28. The summed E-state index contributed by atoms with van der Waals surface area (Å²) in [4.78, 5) is 15.0. The zero-order chi connectivity index (χ0) is 14.0. The SMILES string of the molecule is Cc1cc(F)cc(Nc2cc(C)ncc2C(=O)O)c1. The first-order valence-corrected chi connectivity index (χ1v) is 5.70. The number of pyridine rings is 1. The maximum Gasteiger partial charge on any atom is 0.339 e. The Hall–Kier alpha value is -2.43. The molecule has 1 aromatic heterocycles. The van der Waals surface area contributed by atoms with Crippen molar-refractivity contribution in [2.24, 2.45) is 0 Å². The Labute approximate surface area is 109 Å². The van der Waals surface area contributed by atoms with E-state index in [4.69, 9.17) is 5.11 Å². The molecule has 2 aromatic rings. The largest absolute Gasteiger partial charge is 0.478 e. The maximum absolute atomic E-state index is 13.3. The Bertz CT molecular complexity index is 621. The van der Waals surface area contributed by atoms with Gasteiger partial charge in [-0.15, -0.1) is 0 Å². The maximum atomic E-state index is 13.3. The van der Waals surface area contributed by atoms with Gasteiger partial charge in [-0.1, -0.05) is 0 Å². The molecule has 1 aromatic carbocycles. The number of carboxylic acid groups (broad SMARTS) is 1. The standard InChI is InChI=1S/C14H13FN2O2/c1-8-3-10(15)6-11(4-8)17-13-5-9(2)16-7-12(13)14(18)19/h3-7H,1-2H3,(H,16,17)(H,18,19). The molecule has 2 rings (SSSR count). The van der Waals surface area contributed by atoms with Crippen molar-refractivity contribution in [1.29, 1.82) is 0 Å². The van der Waals surface area contributed by atoms with Crippen LogP contribution in [0.3, 0.4) is 0 Å². The minimum absolute atomic E-state index is 0.0486. The van der Waals surface area contributed by atoms with E-state index in [1.54, 1.807) is 26.0 Å². The van der Waals surface area contributed by atoms with Crippen molar-refractivity contribution >= 4 is 17.3 Å². The van der Waals surface area contributed by atoms with Crippen molar-refractivity contribution < 1.29 is 14.3 Å². The lowest BCUT2D eigenvalue weighted by atomic mass is 10.1. The smallest absolute Gasteiger partial charge is 0.339 e. The first kappa shape index (κ1) is 13.0. The lowest BCUT2D eigenvalue weighted by molar-refractivity contribution is 0.0697. The number of nitrogens with one attached hydrogen (secondary N) is 1. The van der Waals surface area contributed by atoms with Gasteiger partial charge in [0.1, 0.15) is 11.4 Å². The summed E-state index contributed by atoms with van der Waals surface area (Å²) in [6, 6.07) is 6.07. The number of nitrogens with zero attached hydrogens (tertiary/aromatic N) is 1. The van der Waals surface area contributed by atoms with Gasteiger partial charge in [-0.2, -0.15) is 0 Å². The van der Waals surface area contributed by atoms with Gasteiger partial charge in [0.05, 0.1) is 5.69 Å². The molecule has 4 nitrogen and oxygen atoms in total. The highest BCUT2D eigenvalue weighted by Crippen LogP contribution is 2.23. The van der Waals surface area contributed by atoms with Crippen LogP contribution in [-0.2, 0) is 0 Å². The molecule has 0 bridgehead atoms. The number of aryl methyl sites for hydroxylation is 2. The second kappa shape index (κ2) is 5.06. The quantitative estimate of drug-likeness (QED) is 0.889. The van der Waals surface area contributed by atoms with E-state index < -0.39 is 5.97 Å². The van der Waals surface area contributed by atoms with Crippen LogP contribution in [0, 0.1) is 19.7 Å². The summed E-state index contributed by atoms with van der Waals surface area (Å²) in [5.41, 5.74) is 2.38. The number of anilines is 2. The Kier molecular flexibility index (Phi) is 3.46. The van der Waals surface area contributed by atoms with Crippen LogP contribution in [0.15, 0.2) is 30.5 Å². The molecule has 1 heterocycles. The highest BCUT2D eigenvalue weighted by molar-refractivity contribution is 5.94. The summed E-state index contributed by atoms with van der Waals surface area (Å²) in [5.74, 6) is -1.45. The van der Waals surface area contributed by atoms with Gasteiger partial charge in [0, 0.05) is 17.6 Å². The minimum Gasteiger partial charge on any atom is -0.478 e. The second-order valence-corrected chi connectivity index (χ2v) is 4.32. The third-order valence-corrected chi connectivity index (χ3v) is 2.59. The zero-order valence-electron chi connectivity index (χ0n) is 10.6. The number of rotatable bonds is 3. The fraction of sp³-hybridized carbons (Fsp3) is 0.143. The summed E-state index contributed by atoms with van der Waals surface area (Å²) >= 11 is 0. The van der Waals surface area contributed by atoms with E-state index in [9.17, 15) is 9.18 Å². The van der Waals surface area contributed by atoms with E-state index in [0.29, 0.717) is 17.1 Å². The minimum atomic E-state index is -1.08. The molecule has 0 aliphatic heterocycles. The van der Waals surface area contributed by atoms with Crippen molar-refractivity contribution in [3.8, 4) is 0 Å². The number of aromatic nitrogens is 1. The predicted molar refractivity (Wildman–Crippen MR) is 70.4 cm³/mol. The van der Waals surface area contributed by atoms with Crippen LogP contribution in [0.25, 0.3) is 0 Å². The second-order valence-electron chi connectivity index (χ2n) is 4.32. The van der Waals surface area contributed by atoms with Crippen molar-refractivity contribution in [1.82, 2.24) is 4.98 Å². The lowest BCUT2D eigenvalue weighted by Gasteiger charge is -2.11. The number of halogens is 1. The van der Waals surface area contributed by atoms with Crippen LogP contribution >= 0.6 is 0 Å². The number of hydrogen-bond donors (Lipinski definition) is 2. The third kappa shape index (κ3) is 3.07. The molecule has 0 aliphatic carbocycles. The van der Waals surface area contributed by atoms with E-state index in [-0.39, 0.29) is 11.4 Å². The molecule has 0 fully saturated rings. The van der Waals surface area contributed by atoms with Gasteiger partial charge in [0.15, 0.2) is 0 Å². The van der Waals surface area contributed by atoms with E-state index in [2.05, 4.69) is 10.3 Å². The molecule has 0 radical (unpaired) electrons. The summed E-state index contributed by atoms with van der Waals surface area (Å²) < 4.78 is 13.3. The number of aromatic carboxylic acids is 1. The predicted octanol–water partition coefficient (Wildman–Crippen LogP) is 3.28. The normalized spacial score (nSPS) is 10.3. The van der Waals surface area contributed by atoms with Crippen molar-refractivity contribution in [3.63, 3.8) is 0 Å². The van der Waals surface area contributed by atoms with Crippen LogP contribution in [0.5, 0.6) is 0 Å². The summed E-state index contributed by atoms with van der Waals surface area (Å²) in [7, 11) is 0. The van der Waals surface area contributed by atoms with E-state index in [1.165, 1.54) is 18.3 Å². The van der Waals surface area contributed by atoms with E-state index >= 15 is 0 Å². The molecule has 0 saturated heterocycles. The molecule has 19 heavy (non-hydrogen) atoms. The van der Waals surface area contributed by atoms with Gasteiger partial charge in [-0.3, -0.25) is 4.98 Å². The molecule has 98 valence electrons. The highest BCUT2D eigenvalue weighted by atomic mass is 19.1. The van der Waals surface area contributed by atoms with E-state index in [0.717, 1.165) is 5.56 Å². The number of carbonyl (C=O) groups is 1. The molecule has 0 amide bonds. The van der Waals surface area contributed by atoms with Crippen LogP contribution in [0.2, 0.25) is 0 Å². The van der Waals surface area contributed by atoms with E-state index in [1.807, 2.05) is 0 Å². The van der Waals surface area contributed by atoms with Crippen molar-refractivity contribution in [3.05, 3.63) is 53.1 Å². The lowest BCUT2D eigenvalue weighted by Crippen LogP contribution is -2.04. The van der Waals surface area contributed by atoms with Gasteiger partial charge in [-0.25, -0.2) is 9.18 Å². The van der Waals surface area contributed by atoms with Gasteiger partial charge < -0.3 is 10.4 Å². The monoisotopic (exact) mass is 260 g/mol. The van der Waals surface area contributed by atoms with Crippen LogP contribution in [-0.4, -0.2) is 16.1 Å². The van der Waals surface area contributed by atoms with Gasteiger partial charge in [-0.05, 0) is 43.7 Å². The van der Waals surface area contributed by atoms with Gasteiger partial charge in [0.25, 0.3) is 0 Å². The number of hydrogen-bond acceptors (Lipinski definition) is 3. The molecule has 0 aliphatic rings. The fourth-order valence-corrected chi connectivity index (χ4v) is 1.80. The summed E-state index contributed by atoms with van der Waals surface area (Å²) in [5, 5.41) is 12.0. The Balaban J connectivity index is 2.42. The average Bonchev–Trinajstić information content (AvgIpc) is 2.26. The molecule has 0 atom stereocenters. The topological polar surface area (TPSA) is 62.2 Å². The molecule has 2 N–H and O–H groups in total. The van der Waals surface area contributed by atoms with Gasteiger partial charge in [0.2, 0.25) is 0 Å². The summed E-state index contributed by atoms with van der Waals surface area (Å²) in [6.45, 7) is 3.53. The molecule has 5 heteroatoms. The molecular weight excluding hydrogens is 247 g/mol. The third-order valence-electron chi connectivity index (χ3n) is 2.59. The number of carboxylic acids is 1. The molecule has 0 saturated carbocycles. The Morgan fingerprint density at radius 3 is 2.63 bits per heavy atom. The van der Waals surface area contributed by atoms with Crippen LogP contribution in [0.1, 0.15) is 21.6 Å². The van der Waals surface area contributed by atoms with Crippen molar-refractivity contribution in [2.75, 3.05) is 5.32 Å².